The third kappa shape index (κ3) is 4.22. The van der Waals surface area contributed by atoms with Gasteiger partial charge in [0.2, 0.25) is 0 Å². The lowest BCUT2D eigenvalue weighted by Crippen LogP contribution is -2.41. The Kier molecular flexibility index (Phi) is 5.45. The van der Waals surface area contributed by atoms with E-state index in [1.54, 1.807) is 48.5 Å². The van der Waals surface area contributed by atoms with Crippen molar-refractivity contribution in [3.05, 3.63) is 53.6 Å². The summed E-state index contributed by atoms with van der Waals surface area (Å²) in [5.41, 5.74) is 0. The van der Waals surface area contributed by atoms with Gasteiger partial charge in [0.1, 0.15) is 11.5 Å². The van der Waals surface area contributed by atoms with Gasteiger partial charge in [-0.3, -0.25) is 4.57 Å². The number of halogens is 1. The van der Waals surface area contributed by atoms with E-state index in [0.29, 0.717) is 41.4 Å². The minimum absolute atomic E-state index is 0.323. The molecule has 0 amide bonds. The van der Waals surface area contributed by atoms with Gasteiger partial charge in [0, 0.05) is 18.1 Å². The summed E-state index contributed by atoms with van der Waals surface area (Å²) in [6.45, 7) is 0.276. The molecule has 0 spiro atoms. The van der Waals surface area contributed by atoms with Gasteiger partial charge < -0.3 is 19.2 Å². The van der Waals surface area contributed by atoms with Crippen molar-refractivity contribution in [2.24, 2.45) is 0 Å². The molecule has 0 bridgehead atoms. The molecule has 132 valence electrons. The molecular formula is C17H16ClNO5P-. The van der Waals surface area contributed by atoms with Crippen molar-refractivity contribution < 1.29 is 23.7 Å². The number of hydrogen-bond acceptors (Lipinski definition) is 5. The van der Waals surface area contributed by atoms with Crippen molar-refractivity contribution in [3.8, 4) is 11.5 Å². The maximum atomic E-state index is 13.2. The Morgan fingerprint density at radius 2 is 1.76 bits per heavy atom. The molecule has 0 radical (unpaired) electrons. The molecule has 2 aromatic rings. The minimum Gasteiger partial charge on any atom is -0.549 e. The van der Waals surface area contributed by atoms with Crippen LogP contribution in [0.3, 0.4) is 0 Å². The first kappa shape index (κ1) is 18.0. The molecule has 1 saturated heterocycles. The highest BCUT2D eigenvalue weighted by molar-refractivity contribution is 7.64. The summed E-state index contributed by atoms with van der Waals surface area (Å²) in [4.78, 5) is 10.9. The first-order valence-corrected chi connectivity index (χ1v) is 9.67. The molecule has 1 unspecified atom stereocenters. The molecular weight excluding hydrogens is 365 g/mol. The fourth-order valence-electron chi connectivity index (χ4n) is 2.55. The molecule has 2 aromatic carbocycles. The normalized spacial score (nSPS) is 21.0. The van der Waals surface area contributed by atoms with Gasteiger partial charge in [-0.2, -0.15) is 0 Å². The standard InChI is InChI=1S/C17H17ClNO5P/c18-13-2-4-14(5-3-13)24-15-6-8-16(9-7-15)25(22)19(12-17(20)21)10-1-11-23-25/h2-9H,1,10-12H2,(H,20,21)/p-1. The molecule has 1 fully saturated rings. The van der Waals surface area contributed by atoms with Crippen LogP contribution in [0.25, 0.3) is 0 Å². The Morgan fingerprint density at radius 3 is 2.36 bits per heavy atom. The molecule has 6 nitrogen and oxygen atoms in total. The molecule has 0 aliphatic carbocycles. The molecule has 1 atom stereocenters. The van der Waals surface area contributed by atoms with E-state index in [9.17, 15) is 14.5 Å². The third-order valence-corrected chi connectivity index (χ3v) is 6.54. The molecule has 8 heteroatoms. The molecule has 1 heterocycles. The van der Waals surface area contributed by atoms with Crippen molar-refractivity contribution >= 4 is 30.4 Å². The lowest BCUT2D eigenvalue weighted by atomic mass is 10.3. The van der Waals surface area contributed by atoms with Crippen molar-refractivity contribution in [1.82, 2.24) is 4.67 Å². The largest absolute Gasteiger partial charge is 0.549 e. The maximum Gasteiger partial charge on any atom is 0.302 e. The highest BCUT2D eigenvalue weighted by Gasteiger charge is 2.36. The van der Waals surface area contributed by atoms with Gasteiger partial charge in [0.25, 0.3) is 0 Å². The Balaban J connectivity index is 1.79. The van der Waals surface area contributed by atoms with E-state index in [2.05, 4.69) is 0 Å². The fourth-order valence-corrected chi connectivity index (χ4v) is 4.92. The number of carboxylic acid groups (broad SMARTS) is 1. The lowest BCUT2D eigenvalue weighted by molar-refractivity contribution is -0.305. The topological polar surface area (TPSA) is 78.9 Å². The number of carbonyl (C=O) groups is 1. The number of carboxylic acids is 1. The van der Waals surface area contributed by atoms with E-state index in [-0.39, 0.29) is 0 Å². The summed E-state index contributed by atoms with van der Waals surface area (Å²) in [6, 6.07) is 13.5. The van der Waals surface area contributed by atoms with E-state index in [4.69, 9.17) is 20.9 Å². The molecule has 0 aromatic heterocycles. The first-order chi connectivity index (χ1) is 12.0. The Morgan fingerprint density at radius 1 is 1.16 bits per heavy atom. The lowest BCUT2D eigenvalue weighted by Gasteiger charge is -2.35. The second-order valence-corrected chi connectivity index (χ2v) is 8.33. The quantitative estimate of drug-likeness (QED) is 0.741. The number of rotatable bonds is 5. The number of aliphatic carboxylic acids is 1. The van der Waals surface area contributed by atoms with Gasteiger partial charge in [-0.05, 0) is 55.0 Å². The Labute approximate surface area is 150 Å². The van der Waals surface area contributed by atoms with Gasteiger partial charge >= 0.3 is 7.52 Å². The molecule has 1 aliphatic rings. The van der Waals surface area contributed by atoms with Crippen LogP contribution >= 0.6 is 19.1 Å². The molecule has 1 aliphatic heterocycles. The van der Waals surface area contributed by atoms with Crippen LogP contribution in [0, 0.1) is 0 Å². The zero-order valence-electron chi connectivity index (χ0n) is 13.3. The van der Waals surface area contributed by atoms with Gasteiger partial charge in [-0.25, -0.2) is 4.67 Å². The molecule has 25 heavy (non-hydrogen) atoms. The zero-order chi connectivity index (χ0) is 17.9. The second-order valence-electron chi connectivity index (χ2n) is 5.52. The minimum atomic E-state index is -3.40. The van der Waals surface area contributed by atoms with Gasteiger partial charge in [-0.15, -0.1) is 0 Å². The number of hydrogen-bond donors (Lipinski definition) is 0. The average Bonchev–Trinajstić information content (AvgIpc) is 2.59. The van der Waals surface area contributed by atoms with E-state index in [1.165, 1.54) is 4.67 Å². The van der Waals surface area contributed by atoms with E-state index >= 15 is 0 Å². The zero-order valence-corrected chi connectivity index (χ0v) is 14.9. The highest BCUT2D eigenvalue weighted by atomic mass is 35.5. The van der Waals surface area contributed by atoms with Crippen molar-refractivity contribution in [2.45, 2.75) is 6.42 Å². The summed E-state index contributed by atoms with van der Waals surface area (Å²) in [7, 11) is -3.40. The summed E-state index contributed by atoms with van der Waals surface area (Å²) < 4.78 is 25.7. The fraction of sp³-hybridized carbons (Fsp3) is 0.235. The van der Waals surface area contributed by atoms with Crippen LogP contribution in [-0.4, -0.2) is 30.3 Å². The van der Waals surface area contributed by atoms with Crippen LogP contribution in [-0.2, 0) is 13.9 Å². The summed E-state index contributed by atoms with van der Waals surface area (Å²) in [5, 5.41) is 12.0. The number of benzene rings is 2. The predicted octanol–water partition coefficient (Wildman–Crippen LogP) is 2.42. The summed E-state index contributed by atoms with van der Waals surface area (Å²) >= 11 is 5.84. The maximum absolute atomic E-state index is 13.2. The second kappa shape index (κ2) is 7.58. The molecule has 3 rings (SSSR count). The van der Waals surface area contributed by atoms with E-state index < -0.39 is 20.0 Å². The average molecular weight is 381 g/mol. The van der Waals surface area contributed by atoms with Gasteiger partial charge in [0.05, 0.1) is 17.9 Å². The summed E-state index contributed by atoms with van der Waals surface area (Å²) in [5.74, 6) is -0.106. The smallest absolute Gasteiger partial charge is 0.302 e. The highest BCUT2D eigenvalue weighted by Crippen LogP contribution is 2.51. The van der Waals surface area contributed by atoms with Crippen molar-refractivity contribution in [3.63, 3.8) is 0 Å². The number of ether oxygens (including phenoxy) is 1. The molecule has 0 saturated carbocycles. The van der Waals surface area contributed by atoms with Gasteiger partial charge in [-0.1, -0.05) is 11.6 Å². The van der Waals surface area contributed by atoms with Crippen LogP contribution in [0.1, 0.15) is 6.42 Å². The SMILES string of the molecule is O=C([O-])CN1CCCOP1(=O)c1ccc(Oc2ccc(Cl)cc2)cc1. The van der Waals surface area contributed by atoms with E-state index in [1.807, 2.05) is 0 Å². The van der Waals surface area contributed by atoms with Crippen molar-refractivity contribution in [2.75, 3.05) is 19.7 Å². The first-order valence-electron chi connectivity index (χ1n) is 7.71. The Bertz CT molecular complexity index is 794. The number of nitrogens with zero attached hydrogens (tertiary/aromatic N) is 1. The van der Waals surface area contributed by atoms with Crippen LogP contribution < -0.4 is 15.1 Å². The van der Waals surface area contributed by atoms with Crippen molar-refractivity contribution in [1.29, 1.82) is 0 Å². The van der Waals surface area contributed by atoms with E-state index in [0.717, 1.165) is 0 Å². The monoisotopic (exact) mass is 380 g/mol. The van der Waals surface area contributed by atoms with Crippen LogP contribution in [0.15, 0.2) is 48.5 Å². The Hall–Kier alpha value is -1.85. The van der Waals surface area contributed by atoms with Crippen LogP contribution in [0.4, 0.5) is 0 Å². The predicted molar refractivity (Wildman–Crippen MR) is 92.4 cm³/mol. The summed E-state index contributed by atoms with van der Waals surface area (Å²) in [6.07, 6.45) is 0.620. The third-order valence-electron chi connectivity index (χ3n) is 3.72. The van der Waals surface area contributed by atoms with Crippen LogP contribution in [0.5, 0.6) is 11.5 Å². The molecule has 0 N–H and O–H groups in total. The van der Waals surface area contributed by atoms with Gasteiger partial charge in [0.15, 0.2) is 0 Å². The van der Waals surface area contributed by atoms with Crippen LogP contribution in [0.2, 0.25) is 5.02 Å². The number of carbonyl (C=O) groups excluding carboxylic acids is 1.